The first-order valence-corrected chi connectivity index (χ1v) is 20.5. The molecule has 0 spiro atoms. The van der Waals surface area contributed by atoms with E-state index in [0.717, 1.165) is 42.2 Å². The van der Waals surface area contributed by atoms with Crippen LogP contribution in [0.2, 0.25) is 0 Å². The van der Waals surface area contributed by atoms with Gasteiger partial charge in [-0.1, -0.05) is 142 Å². The van der Waals surface area contributed by atoms with Gasteiger partial charge in [-0.15, -0.1) is 0 Å². The van der Waals surface area contributed by atoms with Crippen LogP contribution in [0.1, 0.15) is 171 Å². The van der Waals surface area contributed by atoms with Crippen LogP contribution in [-0.2, 0) is 0 Å². The van der Waals surface area contributed by atoms with E-state index >= 15 is 0 Å². The minimum atomic E-state index is -0.390. The highest BCUT2D eigenvalue weighted by Gasteiger charge is 2.09. The number of unbranched alkanes of at least 4 members (excludes halogenated alkanes) is 20. The maximum absolute atomic E-state index is 12.7. The number of hydrogen-bond donors (Lipinski definition) is 0. The number of rotatable bonds is 30. The molecular weight excluding hydrogens is 631 g/mol. The lowest BCUT2D eigenvalue weighted by Crippen LogP contribution is -2.08. The molecular formula is C46H67NO4. The van der Waals surface area contributed by atoms with Crippen molar-refractivity contribution in [1.29, 1.82) is 0 Å². The summed E-state index contributed by atoms with van der Waals surface area (Å²) >= 11 is 0. The Hall–Kier alpha value is -3.60. The van der Waals surface area contributed by atoms with Gasteiger partial charge in [0, 0.05) is 6.21 Å². The molecule has 5 heteroatoms. The molecule has 0 aliphatic carbocycles. The number of nitrogens with zero attached hydrogens (tertiary/aromatic N) is 1. The van der Waals surface area contributed by atoms with Gasteiger partial charge in [0.1, 0.15) is 17.2 Å². The van der Waals surface area contributed by atoms with Gasteiger partial charge in [0.15, 0.2) is 0 Å². The standard InChI is InChI=1S/C46H67NO4/c1-3-5-7-9-11-13-15-16-18-20-22-24-38-50-44-35-29-42(30-36-44)47-39-40-25-31-45(32-26-40)51-46(48)41-27-33-43(34-28-41)49-37-23-21-19-17-14-12-10-8-6-4-2/h25-36,39H,3-24,37-38H2,1-2H3. The second-order valence-electron chi connectivity index (χ2n) is 14.0. The van der Waals surface area contributed by atoms with Crippen LogP contribution < -0.4 is 14.2 Å². The van der Waals surface area contributed by atoms with E-state index in [9.17, 15) is 4.79 Å². The molecule has 0 atom stereocenters. The summed E-state index contributed by atoms with van der Waals surface area (Å²) in [5.41, 5.74) is 2.28. The number of aliphatic imine (C=N–C) groups is 1. The highest BCUT2D eigenvalue weighted by molar-refractivity contribution is 5.91. The van der Waals surface area contributed by atoms with Crippen LogP contribution >= 0.6 is 0 Å². The van der Waals surface area contributed by atoms with E-state index in [0.29, 0.717) is 17.9 Å². The van der Waals surface area contributed by atoms with Gasteiger partial charge in [-0.05, 0) is 91.2 Å². The molecule has 0 heterocycles. The number of esters is 1. The molecule has 3 aromatic rings. The number of carbonyl (C=O) groups is 1. The van der Waals surface area contributed by atoms with Crippen molar-refractivity contribution in [3.8, 4) is 17.2 Å². The molecule has 0 aliphatic rings. The van der Waals surface area contributed by atoms with Gasteiger partial charge in [0.2, 0.25) is 0 Å². The van der Waals surface area contributed by atoms with Crippen LogP contribution in [0.15, 0.2) is 77.8 Å². The van der Waals surface area contributed by atoms with Gasteiger partial charge in [0.25, 0.3) is 0 Å². The fraction of sp³-hybridized carbons (Fsp3) is 0.565. The van der Waals surface area contributed by atoms with Gasteiger partial charge < -0.3 is 14.2 Å². The zero-order chi connectivity index (χ0) is 36.0. The molecule has 5 nitrogen and oxygen atoms in total. The van der Waals surface area contributed by atoms with Crippen molar-refractivity contribution in [3.05, 3.63) is 83.9 Å². The summed E-state index contributed by atoms with van der Waals surface area (Å²) in [6.07, 6.45) is 31.0. The van der Waals surface area contributed by atoms with Gasteiger partial charge in [-0.2, -0.15) is 0 Å². The van der Waals surface area contributed by atoms with Crippen molar-refractivity contribution in [2.75, 3.05) is 13.2 Å². The fourth-order valence-corrected chi connectivity index (χ4v) is 6.17. The molecule has 51 heavy (non-hydrogen) atoms. The molecule has 0 saturated carbocycles. The summed E-state index contributed by atoms with van der Waals surface area (Å²) in [5.74, 6) is 1.77. The van der Waals surface area contributed by atoms with Crippen molar-refractivity contribution in [1.82, 2.24) is 0 Å². The molecule has 0 amide bonds. The molecule has 3 aromatic carbocycles. The minimum absolute atomic E-state index is 0.390. The second-order valence-corrected chi connectivity index (χ2v) is 14.0. The van der Waals surface area contributed by atoms with E-state index < -0.39 is 5.97 Å². The van der Waals surface area contributed by atoms with Crippen molar-refractivity contribution in [2.45, 2.75) is 155 Å². The zero-order valence-electron chi connectivity index (χ0n) is 32.1. The Bertz CT molecular complexity index is 1300. The highest BCUT2D eigenvalue weighted by atomic mass is 16.5. The topological polar surface area (TPSA) is 57.1 Å². The molecule has 0 unspecified atom stereocenters. The van der Waals surface area contributed by atoms with Crippen LogP contribution in [0, 0.1) is 0 Å². The van der Waals surface area contributed by atoms with Crippen molar-refractivity contribution >= 4 is 17.9 Å². The Morgan fingerprint density at radius 1 is 0.471 bits per heavy atom. The summed E-state index contributed by atoms with van der Waals surface area (Å²) in [5, 5.41) is 0. The van der Waals surface area contributed by atoms with Gasteiger partial charge >= 0.3 is 5.97 Å². The van der Waals surface area contributed by atoms with Gasteiger partial charge in [-0.3, -0.25) is 4.99 Å². The smallest absolute Gasteiger partial charge is 0.343 e. The molecule has 280 valence electrons. The van der Waals surface area contributed by atoms with Gasteiger partial charge in [-0.25, -0.2) is 4.79 Å². The first-order valence-electron chi connectivity index (χ1n) is 20.5. The molecule has 3 rings (SSSR count). The average Bonchev–Trinajstić information content (AvgIpc) is 3.16. The molecule has 0 aromatic heterocycles. The van der Waals surface area contributed by atoms with Crippen molar-refractivity contribution in [3.63, 3.8) is 0 Å². The molecule has 0 fully saturated rings. The SMILES string of the molecule is CCCCCCCCCCCCCCOc1ccc(N=Cc2ccc(OC(=O)c3ccc(OCCCCCCCCCCCC)cc3)cc2)cc1. The number of benzene rings is 3. The zero-order valence-corrected chi connectivity index (χ0v) is 32.1. The molecule has 0 N–H and O–H groups in total. The van der Waals surface area contributed by atoms with Gasteiger partial charge in [0.05, 0.1) is 24.5 Å². The lowest BCUT2D eigenvalue weighted by Gasteiger charge is -2.08. The summed E-state index contributed by atoms with van der Waals surface area (Å²) in [7, 11) is 0. The third-order valence-corrected chi connectivity index (χ3v) is 9.41. The fourth-order valence-electron chi connectivity index (χ4n) is 6.17. The van der Waals surface area contributed by atoms with E-state index in [1.807, 2.05) is 54.7 Å². The third-order valence-electron chi connectivity index (χ3n) is 9.41. The Kier molecular flexibility index (Phi) is 23.0. The van der Waals surface area contributed by atoms with Crippen molar-refractivity contribution in [2.24, 2.45) is 4.99 Å². The van der Waals surface area contributed by atoms with E-state index in [2.05, 4.69) is 18.8 Å². The maximum Gasteiger partial charge on any atom is 0.343 e. The van der Waals surface area contributed by atoms with Crippen LogP contribution in [0.25, 0.3) is 0 Å². The largest absolute Gasteiger partial charge is 0.494 e. The summed E-state index contributed by atoms with van der Waals surface area (Å²) in [6.45, 7) is 6.00. The molecule has 0 aliphatic heterocycles. The third kappa shape index (κ3) is 20.1. The van der Waals surface area contributed by atoms with Crippen molar-refractivity contribution < 1.29 is 19.0 Å². The van der Waals surface area contributed by atoms with E-state index in [-0.39, 0.29) is 0 Å². The maximum atomic E-state index is 12.7. The molecule has 0 bridgehead atoms. The first kappa shape index (κ1) is 41.8. The highest BCUT2D eigenvalue weighted by Crippen LogP contribution is 2.21. The van der Waals surface area contributed by atoms with E-state index in [1.165, 1.54) is 128 Å². The minimum Gasteiger partial charge on any atom is -0.494 e. The summed E-state index contributed by atoms with van der Waals surface area (Å²) in [6, 6.07) is 22.4. The Morgan fingerprint density at radius 2 is 0.843 bits per heavy atom. The number of hydrogen-bond acceptors (Lipinski definition) is 5. The van der Waals surface area contributed by atoms with Crippen LogP contribution in [-0.4, -0.2) is 25.4 Å². The van der Waals surface area contributed by atoms with Crippen LogP contribution in [0.5, 0.6) is 17.2 Å². The van der Waals surface area contributed by atoms with E-state index in [1.54, 1.807) is 24.3 Å². The summed E-state index contributed by atoms with van der Waals surface area (Å²) < 4.78 is 17.4. The second kappa shape index (κ2) is 28.0. The predicted molar refractivity (Wildman–Crippen MR) is 215 cm³/mol. The quantitative estimate of drug-likeness (QED) is 0.0301. The van der Waals surface area contributed by atoms with Crippen LogP contribution in [0.3, 0.4) is 0 Å². The average molecular weight is 698 g/mol. The Morgan fingerprint density at radius 3 is 1.27 bits per heavy atom. The lowest BCUT2D eigenvalue weighted by atomic mass is 10.1. The lowest BCUT2D eigenvalue weighted by molar-refractivity contribution is 0.0734. The van der Waals surface area contributed by atoms with Crippen LogP contribution in [0.4, 0.5) is 5.69 Å². The van der Waals surface area contributed by atoms with E-state index in [4.69, 9.17) is 14.2 Å². The molecule has 0 radical (unpaired) electrons. The monoisotopic (exact) mass is 698 g/mol. The Labute approximate surface area is 310 Å². The molecule has 0 saturated heterocycles. The predicted octanol–water partition coefficient (Wildman–Crippen LogP) is 14.0. The number of ether oxygens (including phenoxy) is 3. The normalized spacial score (nSPS) is 11.3. The summed E-state index contributed by atoms with van der Waals surface area (Å²) in [4.78, 5) is 17.3. The Balaban J connectivity index is 1.24. The number of carbonyl (C=O) groups excluding carboxylic acids is 1. The first-order chi connectivity index (χ1) is 25.2.